The molecule has 0 amide bonds. The zero-order valence-electron chi connectivity index (χ0n) is 6.35. The van der Waals surface area contributed by atoms with E-state index in [1.807, 2.05) is 0 Å². The summed E-state index contributed by atoms with van der Waals surface area (Å²) in [7, 11) is 0. The number of aliphatic hydroxyl groups is 1. The Balaban J connectivity index is 2.28. The van der Waals surface area contributed by atoms with E-state index in [1.54, 1.807) is 0 Å². The maximum absolute atomic E-state index is 8.63. The molecule has 0 bridgehead atoms. The summed E-state index contributed by atoms with van der Waals surface area (Å²) in [5.41, 5.74) is 0.530. The molecule has 1 saturated carbocycles. The van der Waals surface area contributed by atoms with Crippen LogP contribution in [-0.2, 0) is 0 Å². The van der Waals surface area contributed by atoms with E-state index in [-0.39, 0.29) is 0 Å². The summed E-state index contributed by atoms with van der Waals surface area (Å²) < 4.78 is 0. The Morgan fingerprint density at radius 1 is 1.56 bits per heavy atom. The van der Waals surface area contributed by atoms with Gasteiger partial charge in [-0.1, -0.05) is 13.8 Å². The first-order chi connectivity index (χ1) is 4.17. The lowest BCUT2D eigenvalue weighted by Gasteiger charge is -2.44. The van der Waals surface area contributed by atoms with Gasteiger partial charge in [0.1, 0.15) is 0 Å². The van der Waals surface area contributed by atoms with Gasteiger partial charge in [0.15, 0.2) is 0 Å². The van der Waals surface area contributed by atoms with Crippen LogP contribution in [-0.4, -0.2) is 11.7 Å². The van der Waals surface area contributed by atoms with Gasteiger partial charge in [0, 0.05) is 6.61 Å². The summed E-state index contributed by atoms with van der Waals surface area (Å²) >= 11 is 0. The molecule has 9 heavy (non-hydrogen) atoms. The Kier molecular flexibility index (Phi) is 1.80. The molecule has 1 atom stereocenters. The van der Waals surface area contributed by atoms with Crippen molar-refractivity contribution in [1.82, 2.24) is 0 Å². The summed E-state index contributed by atoms with van der Waals surface area (Å²) in [6.07, 6.45) is 3.68. The first-order valence-electron chi connectivity index (χ1n) is 3.77. The maximum Gasteiger partial charge on any atom is 0.0433 e. The number of aliphatic hydroxyl groups excluding tert-OH is 1. The molecule has 1 rings (SSSR count). The van der Waals surface area contributed by atoms with Crippen LogP contribution in [0.3, 0.4) is 0 Å². The SMILES string of the molecule is CC1(C)CC[C@H]1CCO. The van der Waals surface area contributed by atoms with Crippen LogP contribution >= 0.6 is 0 Å². The van der Waals surface area contributed by atoms with E-state index in [4.69, 9.17) is 5.11 Å². The van der Waals surface area contributed by atoms with Crippen LogP contribution in [0.1, 0.15) is 33.1 Å². The van der Waals surface area contributed by atoms with Gasteiger partial charge >= 0.3 is 0 Å². The fourth-order valence-electron chi connectivity index (χ4n) is 1.62. The van der Waals surface area contributed by atoms with Crippen LogP contribution in [0, 0.1) is 11.3 Å². The molecular weight excluding hydrogens is 112 g/mol. The fraction of sp³-hybridized carbons (Fsp3) is 1.00. The third-order valence-corrected chi connectivity index (χ3v) is 2.72. The van der Waals surface area contributed by atoms with E-state index < -0.39 is 0 Å². The quantitative estimate of drug-likeness (QED) is 0.601. The van der Waals surface area contributed by atoms with Crippen LogP contribution in [0.25, 0.3) is 0 Å². The van der Waals surface area contributed by atoms with Crippen molar-refractivity contribution in [2.24, 2.45) is 11.3 Å². The van der Waals surface area contributed by atoms with Crippen molar-refractivity contribution in [3.8, 4) is 0 Å². The van der Waals surface area contributed by atoms with Crippen molar-refractivity contribution >= 4 is 0 Å². The average Bonchev–Trinajstić information content (AvgIpc) is 1.81. The topological polar surface area (TPSA) is 20.2 Å². The number of hydrogen-bond donors (Lipinski definition) is 1. The predicted octanol–water partition coefficient (Wildman–Crippen LogP) is 1.81. The Labute approximate surface area is 57.1 Å². The standard InChI is InChI=1S/C8H16O/c1-8(2)5-3-7(8)4-6-9/h7,9H,3-6H2,1-2H3/t7-/m0/s1. The van der Waals surface area contributed by atoms with Gasteiger partial charge < -0.3 is 5.11 Å². The van der Waals surface area contributed by atoms with Crippen LogP contribution in [0.15, 0.2) is 0 Å². The summed E-state index contributed by atoms with van der Waals surface area (Å²) in [5, 5.41) is 8.63. The lowest BCUT2D eigenvalue weighted by atomic mass is 9.61. The van der Waals surface area contributed by atoms with Gasteiger partial charge in [-0.3, -0.25) is 0 Å². The van der Waals surface area contributed by atoms with Crippen LogP contribution in [0.4, 0.5) is 0 Å². The van der Waals surface area contributed by atoms with Gasteiger partial charge in [0.25, 0.3) is 0 Å². The van der Waals surface area contributed by atoms with E-state index in [0.717, 1.165) is 12.3 Å². The van der Waals surface area contributed by atoms with Crippen LogP contribution in [0.2, 0.25) is 0 Å². The molecule has 1 aliphatic carbocycles. The average molecular weight is 128 g/mol. The molecule has 0 aromatic carbocycles. The Bertz CT molecular complexity index is 96.7. The lowest BCUT2D eigenvalue weighted by Crippen LogP contribution is -2.34. The minimum atomic E-state index is 0.369. The molecule has 0 aromatic rings. The third kappa shape index (κ3) is 1.26. The van der Waals surface area contributed by atoms with E-state index >= 15 is 0 Å². The lowest BCUT2D eigenvalue weighted by molar-refractivity contribution is 0.0485. The molecule has 1 aliphatic rings. The molecule has 1 N–H and O–H groups in total. The van der Waals surface area contributed by atoms with Crippen molar-refractivity contribution in [3.05, 3.63) is 0 Å². The highest BCUT2D eigenvalue weighted by Crippen LogP contribution is 2.47. The molecule has 0 aromatic heterocycles. The molecule has 1 heteroatoms. The van der Waals surface area contributed by atoms with E-state index in [1.165, 1.54) is 12.8 Å². The molecule has 0 unspecified atom stereocenters. The molecule has 0 radical (unpaired) electrons. The molecule has 54 valence electrons. The second kappa shape index (κ2) is 2.30. The summed E-state index contributed by atoms with van der Waals surface area (Å²) in [5.74, 6) is 0.794. The van der Waals surface area contributed by atoms with Gasteiger partial charge in [0.05, 0.1) is 0 Å². The fourth-order valence-corrected chi connectivity index (χ4v) is 1.62. The molecule has 1 fully saturated rings. The van der Waals surface area contributed by atoms with Crippen molar-refractivity contribution in [1.29, 1.82) is 0 Å². The largest absolute Gasteiger partial charge is 0.396 e. The first-order valence-corrected chi connectivity index (χ1v) is 3.77. The summed E-state index contributed by atoms with van der Waals surface area (Å²) in [4.78, 5) is 0. The number of rotatable bonds is 2. The molecule has 0 aliphatic heterocycles. The van der Waals surface area contributed by atoms with Crippen molar-refractivity contribution < 1.29 is 5.11 Å². The zero-order chi connectivity index (χ0) is 6.91. The van der Waals surface area contributed by atoms with Crippen molar-refractivity contribution in [2.75, 3.05) is 6.61 Å². The second-order valence-corrected chi connectivity index (χ2v) is 3.74. The minimum absolute atomic E-state index is 0.369. The van der Waals surface area contributed by atoms with E-state index in [9.17, 15) is 0 Å². The normalized spacial score (nSPS) is 31.7. The van der Waals surface area contributed by atoms with Gasteiger partial charge in [-0.05, 0) is 30.6 Å². The van der Waals surface area contributed by atoms with Crippen LogP contribution in [0.5, 0.6) is 0 Å². The van der Waals surface area contributed by atoms with Gasteiger partial charge in [-0.25, -0.2) is 0 Å². The van der Waals surface area contributed by atoms with Crippen molar-refractivity contribution in [2.45, 2.75) is 33.1 Å². The molecule has 0 heterocycles. The minimum Gasteiger partial charge on any atom is -0.396 e. The Morgan fingerprint density at radius 2 is 2.22 bits per heavy atom. The van der Waals surface area contributed by atoms with Gasteiger partial charge in [-0.15, -0.1) is 0 Å². The second-order valence-electron chi connectivity index (χ2n) is 3.74. The van der Waals surface area contributed by atoms with Crippen molar-refractivity contribution in [3.63, 3.8) is 0 Å². The zero-order valence-corrected chi connectivity index (χ0v) is 6.35. The van der Waals surface area contributed by atoms with Crippen LogP contribution < -0.4 is 0 Å². The molecule has 0 saturated heterocycles. The van der Waals surface area contributed by atoms with Gasteiger partial charge in [-0.2, -0.15) is 0 Å². The van der Waals surface area contributed by atoms with Gasteiger partial charge in [0.2, 0.25) is 0 Å². The van der Waals surface area contributed by atoms with E-state index in [2.05, 4.69) is 13.8 Å². The third-order valence-electron chi connectivity index (χ3n) is 2.72. The Hall–Kier alpha value is -0.0400. The predicted molar refractivity (Wildman–Crippen MR) is 38.2 cm³/mol. The highest BCUT2D eigenvalue weighted by Gasteiger charge is 2.37. The maximum atomic E-state index is 8.63. The monoisotopic (exact) mass is 128 g/mol. The molecule has 0 spiro atoms. The number of hydrogen-bond acceptors (Lipinski definition) is 1. The highest BCUT2D eigenvalue weighted by atomic mass is 16.3. The first kappa shape index (κ1) is 7.07. The summed E-state index contributed by atoms with van der Waals surface area (Å²) in [6, 6.07) is 0. The summed E-state index contributed by atoms with van der Waals surface area (Å²) in [6.45, 7) is 4.95. The highest BCUT2D eigenvalue weighted by molar-refractivity contribution is 4.87. The Morgan fingerprint density at radius 3 is 2.33 bits per heavy atom. The smallest absolute Gasteiger partial charge is 0.0433 e. The van der Waals surface area contributed by atoms with E-state index in [0.29, 0.717) is 12.0 Å². The molecular formula is C8H16O. The molecule has 1 nitrogen and oxygen atoms in total.